The third-order valence-electron chi connectivity index (χ3n) is 3.87. The smallest absolute Gasteiger partial charge is 0.238 e. The highest BCUT2D eigenvalue weighted by atomic mass is 32.2. The predicted octanol–water partition coefficient (Wildman–Crippen LogP) is 3.75. The number of benzene rings is 2. The van der Waals surface area contributed by atoms with Crippen LogP contribution in [-0.2, 0) is 9.59 Å². The zero-order valence-corrected chi connectivity index (χ0v) is 13.9. The zero-order chi connectivity index (χ0) is 16.4. The molecule has 2 aromatic rings. The minimum atomic E-state index is -0.406. The molecule has 0 saturated carbocycles. The van der Waals surface area contributed by atoms with Gasteiger partial charge in [-0.1, -0.05) is 18.2 Å². The van der Waals surface area contributed by atoms with Crippen molar-refractivity contribution in [3.8, 4) is 0 Å². The lowest BCUT2D eigenvalue weighted by atomic mass is 10.1. The fraction of sp³-hybridized carbons (Fsp3) is 0.222. The van der Waals surface area contributed by atoms with Crippen molar-refractivity contribution in [3.05, 3.63) is 53.6 Å². The quantitative estimate of drug-likeness (QED) is 0.903. The van der Waals surface area contributed by atoms with Crippen LogP contribution in [0.25, 0.3) is 0 Å². The molecule has 0 bridgehead atoms. The normalized spacial score (nSPS) is 16.4. The van der Waals surface area contributed by atoms with Crippen LogP contribution in [0.5, 0.6) is 0 Å². The first-order chi connectivity index (χ1) is 11.0. The molecule has 0 aromatic heterocycles. The Morgan fingerprint density at radius 2 is 1.96 bits per heavy atom. The Kier molecular flexibility index (Phi) is 4.39. The van der Waals surface area contributed by atoms with E-state index >= 15 is 0 Å². The van der Waals surface area contributed by atoms with Gasteiger partial charge in [-0.2, -0.15) is 0 Å². The molecule has 0 aliphatic carbocycles. The number of thioether (sulfide) groups is 1. The lowest BCUT2D eigenvalue weighted by molar-refractivity contribution is -0.120. The molecule has 1 aliphatic heterocycles. The molecule has 5 heteroatoms. The molecule has 2 aromatic carbocycles. The van der Waals surface area contributed by atoms with Gasteiger partial charge in [-0.15, -0.1) is 11.8 Å². The lowest BCUT2D eigenvalue weighted by Gasteiger charge is -2.23. The topological polar surface area (TPSA) is 58.2 Å². The maximum absolute atomic E-state index is 12.2. The molecule has 2 N–H and O–H groups in total. The maximum atomic E-state index is 12.2. The Hall–Kier alpha value is -2.27. The zero-order valence-electron chi connectivity index (χ0n) is 13.1. The van der Waals surface area contributed by atoms with Crippen molar-refractivity contribution >= 4 is 35.0 Å². The number of carbonyl (C=O) groups excluding carboxylic acids is 2. The van der Waals surface area contributed by atoms with Crippen molar-refractivity contribution in [2.75, 3.05) is 10.6 Å². The maximum Gasteiger partial charge on any atom is 0.238 e. The monoisotopic (exact) mass is 326 g/mol. The summed E-state index contributed by atoms with van der Waals surface area (Å²) in [6.45, 7) is 4.04. The second-order valence-corrected chi connectivity index (χ2v) is 6.89. The molecular weight excluding hydrogens is 308 g/mol. The molecule has 0 radical (unpaired) electrons. The van der Waals surface area contributed by atoms with Gasteiger partial charge in [0.05, 0.1) is 10.9 Å². The van der Waals surface area contributed by atoms with E-state index in [0.717, 1.165) is 21.8 Å². The van der Waals surface area contributed by atoms with Crippen molar-refractivity contribution in [2.24, 2.45) is 0 Å². The highest BCUT2D eigenvalue weighted by molar-refractivity contribution is 8.01. The molecule has 1 heterocycles. The van der Waals surface area contributed by atoms with E-state index in [1.165, 1.54) is 17.3 Å². The molecule has 1 atom stereocenters. The molecule has 23 heavy (non-hydrogen) atoms. The van der Waals surface area contributed by atoms with E-state index in [0.29, 0.717) is 0 Å². The lowest BCUT2D eigenvalue weighted by Crippen LogP contribution is -2.32. The Balaban J connectivity index is 1.66. The average Bonchev–Trinajstić information content (AvgIpc) is 2.51. The average molecular weight is 326 g/mol. The Morgan fingerprint density at radius 1 is 1.17 bits per heavy atom. The molecule has 0 unspecified atom stereocenters. The summed E-state index contributed by atoms with van der Waals surface area (Å²) in [4.78, 5) is 25.4. The van der Waals surface area contributed by atoms with Gasteiger partial charge in [0, 0.05) is 17.0 Å². The summed E-state index contributed by atoms with van der Waals surface area (Å²) in [5, 5.41) is 5.32. The fourth-order valence-electron chi connectivity index (χ4n) is 2.43. The largest absolute Gasteiger partial charge is 0.326 e. The summed E-state index contributed by atoms with van der Waals surface area (Å²) in [5.74, 6) is -0.274. The summed E-state index contributed by atoms with van der Waals surface area (Å²) in [7, 11) is 0. The van der Waals surface area contributed by atoms with Gasteiger partial charge in [-0.25, -0.2) is 0 Å². The number of rotatable bonds is 3. The number of hydrogen-bond donors (Lipinski definition) is 2. The van der Waals surface area contributed by atoms with Crippen molar-refractivity contribution in [3.63, 3.8) is 0 Å². The Labute approximate surface area is 139 Å². The van der Waals surface area contributed by atoms with Gasteiger partial charge in [-0.05, 0) is 49.2 Å². The van der Waals surface area contributed by atoms with E-state index in [-0.39, 0.29) is 18.2 Å². The van der Waals surface area contributed by atoms with Crippen LogP contribution in [0.15, 0.2) is 47.4 Å². The Bertz CT molecular complexity index is 773. The van der Waals surface area contributed by atoms with Crippen molar-refractivity contribution in [2.45, 2.75) is 30.4 Å². The number of para-hydroxylation sites is 1. The highest BCUT2D eigenvalue weighted by Gasteiger charge is 2.28. The summed E-state index contributed by atoms with van der Waals surface area (Å²) >= 11 is 1.44. The van der Waals surface area contributed by atoms with E-state index in [1.807, 2.05) is 56.3 Å². The van der Waals surface area contributed by atoms with Crippen LogP contribution in [0.2, 0.25) is 0 Å². The summed E-state index contributed by atoms with van der Waals surface area (Å²) in [6.07, 6.45) is 0.151. The SMILES string of the molecule is Cc1ccc(NC(=O)C[C@H]2Sc3ccccc3NC2=O)cc1C. The van der Waals surface area contributed by atoms with Gasteiger partial charge in [0.25, 0.3) is 0 Å². The van der Waals surface area contributed by atoms with Crippen LogP contribution in [0.1, 0.15) is 17.5 Å². The van der Waals surface area contributed by atoms with Gasteiger partial charge < -0.3 is 10.6 Å². The number of amides is 2. The van der Waals surface area contributed by atoms with E-state index < -0.39 is 5.25 Å². The van der Waals surface area contributed by atoms with Crippen molar-refractivity contribution in [1.82, 2.24) is 0 Å². The number of hydrogen-bond acceptors (Lipinski definition) is 3. The first-order valence-corrected chi connectivity index (χ1v) is 8.34. The summed E-state index contributed by atoms with van der Waals surface area (Å²) < 4.78 is 0. The van der Waals surface area contributed by atoms with Gasteiger partial charge in [0.2, 0.25) is 11.8 Å². The summed E-state index contributed by atoms with van der Waals surface area (Å²) in [5.41, 5.74) is 3.89. The van der Waals surface area contributed by atoms with Gasteiger partial charge in [0.1, 0.15) is 0 Å². The predicted molar refractivity (Wildman–Crippen MR) is 93.9 cm³/mol. The minimum Gasteiger partial charge on any atom is -0.326 e. The molecule has 0 fully saturated rings. The van der Waals surface area contributed by atoms with Gasteiger partial charge >= 0.3 is 0 Å². The molecule has 3 rings (SSSR count). The number of nitrogens with one attached hydrogen (secondary N) is 2. The number of carbonyl (C=O) groups is 2. The second-order valence-electron chi connectivity index (χ2n) is 5.64. The van der Waals surface area contributed by atoms with Crippen LogP contribution >= 0.6 is 11.8 Å². The van der Waals surface area contributed by atoms with Crippen LogP contribution in [-0.4, -0.2) is 17.1 Å². The first kappa shape index (κ1) is 15.6. The van der Waals surface area contributed by atoms with Gasteiger partial charge in [0.15, 0.2) is 0 Å². The van der Waals surface area contributed by atoms with Crippen LogP contribution in [0.4, 0.5) is 11.4 Å². The van der Waals surface area contributed by atoms with Crippen LogP contribution in [0, 0.1) is 13.8 Å². The molecule has 0 spiro atoms. The molecule has 118 valence electrons. The standard InChI is InChI=1S/C18H18N2O2S/c1-11-7-8-13(9-12(11)2)19-17(21)10-16-18(22)20-14-5-3-4-6-15(14)23-16/h3-9,16H,10H2,1-2H3,(H,19,21)(H,20,22)/t16-/m1/s1. The Morgan fingerprint density at radius 3 is 2.74 bits per heavy atom. The van der Waals surface area contributed by atoms with E-state index in [9.17, 15) is 9.59 Å². The van der Waals surface area contributed by atoms with E-state index in [2.05, 4.69) is 10.6 Å². The fourth-order valence-corrected chi connectivity index (χ4v) is 3.54. The molecular formula is C18H18N2O2S. The molecule has 0 saturated heterocycles. The second kappa shape index (κ2) is 6.46. The van der Waals surface area contributed by atoms with Crippen LogP contribution < -0.4 is 10.6 Å². The molecule has 2 amide bonds. The molecule has 1 aliphatic rings. The third kappa shape index (κ3) is 3.56. The third-order valence-corrected chi connectivity index (χ3v) is 5.14. The number of anilines is 2. The summed E-state index contributed by atoms with van der Waals surface area (Å²) in [6, 6.07) is 13.4. The van der Waals surface area contributed by atoms with Crippen LogP contribution in [0.3, 0.4) is 0 Å². The number of fused-ring (bicyclic) bond motifs is 1. The minimum absolute atomic E-state index is 0.121. The molecule has 4 nitrogen and oxygen atoms in total. The number of aryl methyl sites for hydroxylation is 2. The van der Waals surface area contributed by atoms with Crippen molar-refractivity contribution < 1.29 is 9.59 Å². The van der Waals surface area contributed by atoms with Gasteiger partial charge in [-0.3, -0.25) is 9.59 Å². The van der Waals surface area contributed by atoms with E-state index in [4.69, 9.17) is 0 Å². The van der Waals surface area contributed by atoms with Crippen molar-refractivity contribution in [1.29, 1.82) is 0 Å². The highest BCUT2D eigenvalue weighted by Crippen LogP contribution is 2.36. The van der Waals surface area contributed by atoms with E-state index in [1.54, 1.807) is 0 Å². The first-order valence-electron chi connectivity index (χ1n) is 7.46.